The van der Waals surface area contributed by atoms with Crippen LogP contribution in [0.25, 0.3) is 58.9 Å². The number of hydrogen-bond donors (Lipinski definition) is 0. The van der Waals surface area contributed by atoms with Gasteiger partial charge in [-0.2, -0.15) is 0 Å². The van der Waals surface area contributed by atoms with Gasteiger partial charge in [0, 0.05) is 37.2 Å². The Morgan fingerprint density at radius 3 is 1.91 bits per heavy atom. The lowest BCUT2D eigenvalue weighted by Gasteiger charge is -2.27. The number of thiophene rings is 1. The van der Waals surface area contributed by atoms with Crippen molar-refractivity contribution in [3.05, 3.63) is 157 Å². The van der Waals surface area contributed by atoms with Gasteiger partial charge in [-0.05, 0) is 99.3 Å². The van der Waals surface area contributed by atoms with E-state index in [1.54, 1.807) is 0 Å². The van der Waals surface area contributed by atoms with E-state index in [4.69, 9.17) is 0 Å². The van der Waals surface area contributed by atoms with E-state index in [0.29, 0.717) is 0 Å². The molecule has 0 bridgehead atoms. The minimum atomic E-state index is 1.13. The predicted octanol–water partition coefficient (Wildman–Crippen LogP) is 12.4. The quantitative estimate of drug-likeness (QED) is 0.187. The molecule has 0 aliphatic rings. The van der Waals surface area contributed by atoms with E-state index < -0.39 is 0 Å². The zero-order valence-electron chi connectivity index (χ0n) is 23.9. The lowest BCUT2D eigenvalue weighted by molar-refractivity contribution is 1.29. The standard InChI is InChI=1S/C41H29NS/c1-3-33-27(2)38-25-31(20-22-36(38)35-17-8-7-16-34(33)35)42(30-15-11-14-29(24-30)28-12-5-4-6-13-28)32-21-23-41-39(26-32)37-18-9-10-19-40(37)43-41/h3-26H,1H2,2H3. The lowest BCUT2D eigenvalue weighted by atomic mass is 9.92. The largest absolute Gasteiger partial charge is 0.310 e. The highest BCUT2D eigenvalue weighted by Gasteiger charge is 2.18. The second-order valence-electron chi connectivity index (χ2n) is 11.0. The maximum absolute atomic E-state index is 4.18. The molecule has 7 aromatic carbocycles. The molecule has 0 saturated carbocycles. The molecular formula is C41H29NS. The van der Waals surface area contributed by atoms with E-state index in [2.05, 4.69) is 158 Å². The van der Waals surface area contributed by atoms with E-state index in [1.807, 2.05) is 17.4 Å². The molecule has 0 aliphatic heterocycles. The van der Waals surface area contributed by atoms with E-state index in [-0.39, 0.29) is 0 Å². The van der Waals surface area contributed by atoms with E-state index >= 15 is 0 Å². The molecule has 0 atom stereocenters. The van der Waals surface area contributed by atoms with Crippen molar-refractivity contribution >= 4 is 76.2 Å². The van der Waals surface area contributed by atoms with Crippen LogP contribution in [0.1, 0.15) is 11.1 Å². The molecule has 0 N–H and O–H groups in total. The van der Waals surface area contributed by atoms with Gasteiger partial charge in [0.05, 0.1) is 0 Å². The normalized spacial score (nSPS) is 11.5. The van der Waals surface area contributed by atoms with Crippen LogP contribution in [0.3, 0.4) is 0 Å². The highest BCUT2D eigenvalue weighted by atomic mass is 32.1. The van der Waals surface area contributed by atoms with Crippen molar-refractivity contribution in [2.45, 2.75) is 6.92 Å². The first-order chi connectivity index (χ1) is 21.2. The fourth-order valence-electron chi connectivity index (χ4n) is 6.53. The van der Waals surface area contributed by atoms with Gasteiger partial charge < -0.3 is 4.90 Å². The minimum absolute atomic E-state index is 1.13. The summed E-state index contributed by atoms with van der Waals surface area (Å²) in [6.07, 6.45) is 2.00. The number of nitrogens with zero attached hydrogens (tertiary/aromatic N) is 1. The van der Waals surface area contributed by atoms with Crippen molar-refractivity contribution in [2.24, 2.45) is 0 Å². The molecule has 0 spiro atoms. The lowest BCUT2D eigenvalue weighted by Crippen LogP contribution is -2.10. The van der Waals surface area contributed by atoms with Crippen molar-refractivity contribution in [3.63, 3.8) is 0 Å². The van der Waals surface area contributed by atoms with Crippen LogP contribution in [0.15, 0.2) is 146 Å². The maximum atomic E-state index is 4.18. The third kappa shape index (κ3) is 4.22. The van der Waals surface area contributed by atoms with Crippen LogP contribution in [0.4, 0.5) is 17.1 Å². The van der Waals surface area contributed by atoms with Gasteiger partial charge in [-0.15, -0.1) is 11.3 Å². The number of rotatable bonds is 5. The summed E-state index contributed by atoms with van der Waals surface area (Å²) in [5, 5.41) is 7.61. The molecular weight excluding hydrogens is 539 g/mol. The fraction of sp³-hybridized carbons (Fsp3) is 0.0244. The Labute approximate surface area is 255 Å². The Kier molecular flexibility index (Phi) is 6.10. The average Bonchev–Trinajstić information content (AvgIpc) is 3.44. The van der Waals surface area contributed by atoms with Gasteiger partial charge >= 0.3 is 0 Å². The van der Waals surface area contributed by atoms with Crippen LogP contribution < -0.4 is 4.90 Å². The molecule has 204 valence electrons. The van der Waals surface area contributed by atoms with Gasteiger partial charge in [-0.3, -0.25) is 0 Å². The average molecular weight is 568 g/mol. The SMILES string of the molecule is C=Cc1c(C)c2cc(N(c3cccc(-c4ccccc4)c3)c3ccc4sc5ccccc5c4c3)ccc2c2ccccc12. The summed E-state index contributed by atoms with van der Waals surface area (Å²) in [6, 6.07) is 50.7. The Morgan fingerprint density at radius 2 is 1.09 bits per heavy atom. The number of hydrogen-bond acceptors (Lipinski definition) is 2. The second kappa shape index (κ2) is 10.3. The summed E-state index contributed by atoms with van der Waals surface area (Å²) >= 11 is 1.85. The Bertz CT molecular complexity index is 2330. The molecule has 0 aliphatic carbocycles. The molecule has 0 amide bonds. The molecule has 0 unspecified atom stereocenters. The smallest absolute Gasteiger partial charge is 0.0468 e. The zero-order chi connectivity index (χ0) is 28.9. The first-order valence-electron chi connectivity index (χ1n) is 14.6. The Balaban J connectivity index is 1.39. The second-order valence-corrected chi connectivity index (χ2v) is 12.1. The molecule has 0 radical (unpaired) electrons. The van der Waals surface area contributed by atoms with Crippen LogP contribution in [-0.4, -0.2) is 0 Å². The minimum Gasteiger partial charge on any atom is -0.310 e. The Hall–Kier alpha value is -5.18. The van der Waals surface area contributed by atoms with Gasteiger partial charge in [0.1, 0.15) is 0 Å². The third-order valence-electron chi connectivity index (χ3n) is 8.61. The van der Waals surface area contributed by atoms with Crippen LogP contribution in [0.5, 0.6) is 0 Å². The molecule has 1 aromatic heterocycles. The van der Waals surface area contributed by atoms with Crippen LogP contribution >= 0.6 is 11.3 Å². The van der Waals surface area contributed by atoms with E-state index in [0.717, 1.165) is 17.1 Å². The maximum Gasteiger partial charge on any atom is 0.0468 e. The highest BCUT2D eigenvalue weighted by Crippen LogP contribution is 2.43. The summed E-state index contributed by atoms with van der Waals surface area (Å²) < 4.78 is 2.62. The number of aryl methyl sites for hydroxylation is 1. The molecule has 0 fully saturated rings. The van der Waals surface area contributed by atoms with Crippen LogP contribution in [-0.2, 0) is 0 Å². The van der Waals surface area contributed by atoms with Crippen molar-refractivity contribution in [1.82, 2.24) is 0 Å². The van der Waals surface area contributed by atoms with Gasteiger partial charge in [-0.1, -0.05) is 104 Å². The third-order valence-corrected chi connectivity index (χ3v) is 9.76. The summed E-state index contributed by atoms with van der Waals surface area (Å²) in [5.74, 6) is 0. The summed E-state index contributed by atoms with van der Waals surface area (Å²) in [4.78, 5) is 2.40. The van der Waals surface area contributed by atoms with Gasteiger partial charge in [0.2, 0.25) is 0 Å². The van der Waals surface area contributed by atoms with Gasteiger partial charge in [0.15, 0.2) is 0 Å². The molecule has 2 heteroatoms. The summed E-state index contributed by atoms with van der Waals surface area (Å²) in [6.45, 7) is 6.40. The molecule has 0 saturated heterocycles. The van der Waals surface area contributed by atoms with E-state index in [9.17, 15) is 0 Å². The molecule has 1 heterocycles. The fourth-order valence-corrected chi connectivity index (χ4v) is 7.62. The van der Waals surface area contributed by atoms with Crippen LogP contribution in [0, 0.1) is 6.92 Å². The van der Waals surface area contributed by atoms with Gasteiger partial charge in [-0.25, -0.2) is 0 Å². The van der Waals surface area contributed by atoms with Crippen molar-refractivity contribution in [3.8, 4) is 11.1 Å². The monoisotopic (exact) mass is 567 g/mol. The summed E-state index contributed by atoms with van der Waals surface area (Å²) in [5.41, 5.74) is 8.25. The topological polar surface area (TPSA) is 3.24 Å². The molecule has 43 heavy (non-hydrogen) atoms. The molecule has 8 rings (SSSR count). The first-order valence-corrected chi connectivity index (χ1v) is 15.5. The number of benzene rings is 7. The van der Waals surface area contributed by atoms with Crippen molar-refractivity contribution < 1.29 is 0 Å². The zero-order valence-corrected chi connectivity index (χ0v) is 24.7. The highest BCUT2D eigenvalue weighted by molar-refractivity contribution is 7.25. The van der Waals surface area contributed by atoms with Gasteiger partial charge in [0.25, 0.3) is 0 Å². The van der Waals surface area contributed by atoms with Crippen molar-refractivity contribution in [1.29, 1.82) is 0 Å². The Morgan fingerprint density at radius 1 is 0.488 bits per heavy atom. The summed E-state index contributed by atoms with van der Waals surface area (Å²) in [7, 11) is 0. The van der Waals surface area contributed by atoms with Crippen LogP contribution in [0.2, 0.25) is 0 Å². The molecule has 1 nitrogen and oxygen atoms in total. The van der Waals surface area contributed by atoms with Crippen molar-refractivity contribution in [2.75, 3.05) is 4.90 Å². The molecule has 8 aromatic rings. The number of fused-ring (bicyclic) bond motifs is 6. The van der Waals surface area contributed by atoms with E-state index in [1.165, 1.54) is 64.0 Å². The predicted molar refractivity (Wildman–Crippen MR) is 189 cm³/mol. The number of anilines is 3. The first kappa shape index (κ1) is 25.5.